The summed E-state index contributed by atoms with van der Waals surface area (Å²) in [4.78, 5) is 10.7. The number of halogens is 2. The molecule has 0 saturated heterocycles. The zero-order valence-corrected chi connectivity index (χ0v) is 12.2. The third kappa shape index (κ3) is 4.06. The maximum Gasteiger partial charge on any atom is 0.307 e. The number of aliphatic carboxylic acids is 1. The molecule has 0 fully saturated rings. The molecular formula is C15H13BrFNO2. The Bertz CT molecular complexity index is 631. The number of benzene rings is 2. The van der Waals surface area contributed by atoms with Gasteiger partial charge in [0.2, 0.25) is 0 Å². The highest BCUT2D eigenvalue weighted by Gasteiger charge is 2.04. The zero-order chi connectivity index (χ0) is 14.5. The summed E-state index contributed by atoms with van der Waals surface area (Å²) < 4.78 is 14.4. The van der Waals surface area contributed by atoms with Crippen molar-refractivity contribution in [3.8, 4) is 0 Å². The lowest BCUT2D eigenvalue weighted by atomic mass is 10.1. The molecule has 2 aromatic rings. The monoisotopic (exact) mass is 337 g/mol. The molecule has 0 heterocycles. The van der Waals surface area contributed by atoms with E-state index in [0.29, 0.717) is 22.1 Å². The molecule has 2 N–H and O–H groups in total. The Morgan fingerprint density at radius 2 is 2.05 bits per heavy atom. The van der Waals surface area contributed by atoms with Gasteiger partial charge in [0.1, 0.15) is 5.82 Å². The molecule has 0 spiro atoms. The van der Waals surface area contributed by atoms with Gasteiger partial charge in [0.25, 0.3) is 0 Å². The van der Waals surface area contributed by atoms with Crippen LogP contribution in [0.2, 0.25) is 0 Å². The smallest absolute Gasteiger partial charge is 0.307 e. The molecule has 20 heavy (non-hydrogen) atoms. The summed E-state index contributed by atoms with van der Waals surface area (Å²) in [5.41, 5.74) is 2.03. The molecule has 2 aromatic carbocycles. The van der Waals surface area contributed by atoms with Crippen LogP contribution in [0, 0.1) is 5.82 Å². The van der Waals surface area contributed by atoms with Gasteiger partial charge in [-0.3, -0.25) is 4.79 Å². The van der Waals surface area contributed by atoms with Crippen LogP contribution in [0.3, 0.4) is 0 Å². The summed E-state index contributed by atoms with van der Waals surface area (Å²) in [6.07, 6.45) is -0.0256. The molecule has 0 aromatic heterocycles. The van der Waals surface area contributed by atoms with Crippen LogP contribution in [-0.2, 0) is 17.8 Å². The molecule has 0 atom stereocenters. The van der Waals surface area contributed by atoms with E-state index in [2.05, 4.69) is 21.2 Å². The number of rotatable bonds is 5. The van der Waals surface area contributed by atoms with Crippen molar-refractivity contribution >= 4 is 27.6 Å². The van der Waals surface area contributed by atoms with Crippen LogP contribution in [-0.4, -0.2) is 11.1 Å². The van der Waals surface area contributed by atoms with Crippen molar-refractivity contribution in [2.45, 2.75) is 13.0 Å². The fourth-order valence-corrected chi connectivity index (χ4v) is 2.16. The molecular weight excluding hydrogens is 325 g/mol. The van der Waals surface area contributed by atoms with Crippen molar-refractivity contribution in [3.63, 3.8) is 0 Å². The van der Waals surface area contributed by atoms with E-state index in [1.807, 2.05) is 6.07 Å². The molecule has 0 aliphatic carbocycles. The van der Waals surface area contributed by atoms with E-state index in [4.69, 9.17) is 5.11 Å². The third-order valence-electron chi connectivity index (χ3n) is 2.78. The average Bonchev–Trinajstić information content (AvgIpc) is 2.37. The number of hydrogen-bond donors (Lipinski definition) is 2. The first-order chi connectivity index (χ1) is 9.54. The maximum atomic E-state index is 13.7. The van der Waals surface area contributed by atoms with E-state index in [1.165, 1.54) is 6.07 Å². The topological polar surface area (TPSA) is 49.3 Å². The van der Waals surface area contributed by atoms with Gasteiger partial charge in [-0.15, -0.1) is 0 Å². The first kappa shape index (κ1) is 14.5. The Hall–Kier alpha value is -1.88. The SMILES string of the molecule is O=C(O)Cc1cccc(NCc2ccc(Br)cc2F)c1. The van der Waals surface area contributed by atoms with Gasteiger partial charge in [0, 0.05) is 22.3 Å². The summed E-state index contributed by atoms with van der Waals surface area (Å²) in [6, 6.07) is 12.0. The van der Waals surface area contributed by atoms with Crippen LogP contribution in [0.25, 0.3) is 0 Å². The normalized spacial score (nSPS) is 10.3. The van der Waals surface area contributed by atoms with Crippen LogP contribution in [0.1, 0.15) is 11.1 Å². The third-order valence-corrected chi connectivity index (χ3v) is 3.27. The van der Waals surface area contributed by atoms with E-state index < -0.39 is 5.97 Å². The maximum absolute atomic E-state index is 13.7. The van der Waals surface area contributed by atoms with Gasteiger partial charge in [-0.2, -0.15) is 0 Å². The van der Waals surface area contributed by atoms with Crippen molar-refractivity contribution in [1.82, 2.24) is 0 Å². The Morgan fingerprint density at radius 3 is 2.75 bits per heavy atom. The highest BCUT2D eigenvalue weighted by molar-refractivity contribution is 9.10. The van der Waals surface area contributed by atoms with Gasteiger partial charge in [-0.05, 0) is 29.8 Å². The largest absolute Gasteiger partial charge is 0.481 e. The second-order valence-electron chi connectivity index (χ2n) is 4.36. The summed E-state index contributed by atoms with van der Waals surface area (Å²) >= 11 is 3.21. The van der Waals surface area contributed by atoms with Crippen molar-refractivity contribution in [1.29, 1.82) is 0 Å². The predicted octanol–water partition coefficient (Wildman–Crippen LogP) is 3.83. The highest BCUT2D eigenvalue weighted by atomic mass is 79.9. The van der Waals surface area contributed by atoms with Gasteiger partial charge < -0.3 is 10.4 Å². The van der Waals surface area contributed by atoms with Gasteiger partial charge in [-0.1, -0.05) is 34.1 Å². The predicted molar refractivity (Wildman–Crippen MR) is 79.2 cm³/mol. The lowest BCUT2D eigenvalue weighted by Crippen LogP contribution is -2.04. The molecule has 2 rings (SSSR count). The first-order valence-corrected chi connectivity index (χ1v) is 6.82. The molecule has 0 saturated carbocycles. The van der Waals surface area contributed by atoms with Crippen LogP contribution >= 0.6 is 15.9 Å². The number of carboxylic acids is 1. The van der Waals surface area contributed by atoms with E-state index >= 15 is 0 Å². The Balaban J connectivity index is 2.05. The standard InChI is InChI=1S/C15H13BrFNO2/c16-12-5-4-11(14(17)8-12)9-18-13-3-1-2-10(6-13)7-15(19)20/h1-6,8,18H,7,9H2,(H,19,20). The first-order valence-electron chi connectivity index (χ1n) is 6.03. The summed E-state index contributed by atoms with van der Waals surface area (Å²) in [7, 11) is 0. The van der Waals surface area contributed by atoms with Gasteiger partial charge in [0.05, 0.1) is 6.42 Å². The quantitative estimate of drug-likeness (QED) is 0.871. The van der Waals surface area contributed by atoms with Crippen LogP contribution in [0.5, 0.6) is 0 Å². The van der Waals surface area contributed by atoms with Crippen LogP contribution in [0.15, 0.2) is 46.9 Å². The van der Waals surface area contributed by atoms with Crippen molar-refractivity contribution in [3.05, 3.63) is 63.9 Å². The molecule has 104 valence electrons. The lowest BCUT2D eigenvalue weighted by Gasteiger charge is -2.09. The zero-order valence-electron chi connectivity index (χ0n) is 10.6. The molecule has 0 bridgehead atoms. The minimum Gasteiger partial charge on any atom is -0.481 e. The van der Waals surface area contributed by atoms with E-state index in [9.17, 15) is 9.18 Å². The molecule has 0 radical (unpaired) electrons. The number of nitrogens with one attached hydrogen (secondary N) is 1. The average molecular weight is 338 g/mol. The van der Waals surface area contributed by atoms with Crippen molar-refractivity contribution in [2.75, 3.05) is 5.32 Å². The summed E-state index contributed by atoms with van der Waals surface area (Å²) in [6.45, 7) is 0.343. The lowest BCUT2D eigenvalue weighted by molar-refractivity contribution is -0.136. The fourth-order valence-electron chi connectivity index (χ4n) is 1.83. The second-order valence-corrected chi connectivity index (χ2v) is 5.28. The van der Waals surface area contributed by atoms with Crippen LogP contribution < -0.4 is 5.32 Å². The Kier molecular flexibility index (Phi) is 4.74. The Labute approximate surface area is 124 Å². The summed E-state index contributed by atoms with van der Waals surface area (Å²) in [5.74, 6) is -1.16. The number of hydrogen-bond acceptors (Lipinski definition) is 2. The van der Waals surface area contributed by atoms with E-state index in [0.717, 1.165) is 5.69 Å². The molecule has 0 aliphatic rings. The minimum absolute atomic E-state index is 0.0256. The minimum atomic E-state index is -0.874. The van der Waals surface area contributed by atoms with Gasteiger partial charge >= 0.3 is 5.97 Å². The number of carbonyl (C=O) groups is 1. The highest BCUT2D eigenvalue weighted by Crippen LogP contribution is 2.17. The fraction of sp³-hybridized carbons (Fsp3) is 0.133. The van der Waals surface area contributed by atoms with Gasteiger partial charge in [0.15, 0.2) is 0 Å². The summed E-state index contributed by atoms with van der Waals surface area (Å²) in [5, 5.41) is 11.8. The van der Waals surface area contributed by atoms with Crippen molar-refractivity contribution in [2.24, 2.45) is 0 Å². The molecule has 0 unspecified atom stereocenters. The number of carboxylic acid groups (broad SMARTS) is 1. The van der Waals surface area contributed by atoms with Crippen LogP contribution in [0.4, 0.5) is 10.1 Å². The van der Waals surface area contributed by atoms with Crippen molar-refractivity contribution < 1.29 is 14.3 Å². The molecule has 0 aliphatic heterocycles. The molecule has 5 heteroatoms. The van der Waals surface area contributed by atoms with Gasteiger partial charge in [-0.25, -0.2) is 4.39 Å². The number of anilines is 1. The second kappa shape index (κ2) is 6.52. The molecule has 3 nitrogen and oxygen atoms in total. The van der Waals surface area contributed by atoms with E-state index in [1.54, 1.807) is 30.3 Å². The Morgan fingerprint density at radius 1 is 1.25 bits per heavy atom. The van der Waals surface area contributed by atoms with E-state index in [-0.39, 0.29) is 12.2 Å². The molecule has 0 amide bonds.